The summed E-state index contributed by atoms with van der Waals surface area (Å²) in [5, 5.41) is 13.1. The quantitative estimate of drug-likeness (QED) is 0.883. The molecule has 0 unspecified atom stereocenters. The number of benzene rings is 1. The Kier molecular flexibility index (Phi) is 3.88. The number of carbonyl (C=O) groups excluding carboxylic acids is 1. The number of carbonyl (C=O) groups is 1. The van der Waals surface area contributed by atoms with Crippen LogP contribution in [0.4, 0.5) is 13.2 Å². The first kappa shape index (κ1) is 16.0. The standard InChI is InChI=1S/C15H18F3NO2/c1-13(21)8-3-9-14(19-2,12(13)20)10-4-6-11(7-5-10)15(16,17)18/h4-7,19,21H,3,8-9H2,1-2H3/t13-,14-/m1/s1. The fourth-order valence-electron chi connectivity index (χ4n) is 2.99. The van der Waals surface area contributed by atoms with Gasteiger partial charge in [-0.2, -0.15) is 13.2 Å². The number of Topliss-reactive ketones (excluding diaryl/α,β-unsaturated/α-hetero) is 1. The molecule has 1 aliphatic carbocycles. The number of nitrogens with one attached hydrogen (secondary N) is 1. The minimum absolute atomic E-state index is 0.357. The summed E-state index contributed by atoms with van der Waals surface area (Å²) in [6.07, 6.45) is -2.99. The summed E-state index contributed by atoms with van der Waals surface area (Å²) in [4.78, 5) is 12.5. The maximum Gasteiger partial charge on any atom is 0.416 e. The van der Waals surface area contributed by atoms with Gasteiger partial charge in [-0.3, -0.25) is 4.79 Å². The first-order valence-electron chi connectivity index (χ1n) is 6.77. The Bertz CT molecular complexity index is 537. The van der Waals surface area contributed by atoms with Crippen molar-refractivity contribution in [1.29, 1.82) is 0 Å². The first-order valence-corrected chi connectivity index (χ1v) is 6.77. The van der Waals surface area contributed by atoms with E-state index >= 15 is 0 Å². The van der Waals surface area contributed by atoms with Crippen LogP contribution in [-0.4, -0.2) is 23.5 Å². The van der Waals surface area contributed by atoms with Crippen molar-refractivity contribution in [2.45, 2.75) is 43.5 Å². The minimum Gasteiger partial charge on any atom is -0.382 e. The van der Waals surface area contributed by atoms with Crippen molar-refractivity contribution in [2.75, 3.05) is 7.05 Å². The number of hydrogen-bond donors (Lipinski definition) is 2. The zero-order valence-corrected chi connectivity index (χ0v) is 11.9. The summed E-state index contributed by atoms with van der Waals surface area (Å²) in [7, 11) is 1.58. The van der Waals surface area contributed by atoms with Gasteiger partial charge >= 0.3 is 6.18 Å². The highest BCUT2D eigenvalue weighted by atomic mass is 19.4. The maximum absolute atomic E-state index is 12.6. The highest BCUT2D eigenvalue weighted by Gasteiger charge is 2.50. The smallest absolute Gasteiger partial charge is 0.382 e. The second-order valence-electron chi connectivity index (χ2n) is 5.69. The summed E-state index contributed by atoms with van der Waals surface area (Å²) < 4.78 is 37.8. The monoisotopic (exact) mass is 301 g/mol. The van der Waals surface area contributed by atoms with Gasteiger partial charge in [0.05, 0.1) is 5.56 Å². The molecule has 0 radical (unpaired) electrons. The van der Waals surface area contributed by atoms with Gasteiger partial charge in [-0.1, -0.05) is 12.1 Å². The molecule has 2 N–H and O–H groups in total. The lowest BCUT2D eigenvalue weighted by molar-refractivity contribution is -0.148. The Hall–Kier alpha value is -1.40. The summed E-state index contributed by atoms with van der Waals surface area (Å²) in [5.41, 5.74) is -2.91. The zero-order chi connectivity index (χ0) is 15.9. The lowest BCUT2D eigenvalue weighted by atomic mass is 9.69. The van der Waals surface area contributed by atoms with Crippen LogP contribution in [0, 0.1) is 0 Å². The van der Waals surface area contributed by atoms with Gasteiger partial charge in [-0.05, 0) is 50.9 Å². The van der Waals surface area contributed by atoms with Crippen LogP contribution in [0.2, 0.25) is 0 Å². The fraction of sp³-hybridized carbons (Fsp3) is 0.533. The largest absolute Gasteiger partial charge is 0.416 e. The van der Waals surface area contributed by atoms with Crippen molar-refractivity contribution in [3.8, 4) is 0 Å². The molecule has 21 heavy (non-hydrogen) atoms. The highest BCUT2D eigenvalue weighted by molar-refractivity contribution is 5.96. The number of aliphatic hydroxyl groups is 1. The van der Waals surface area contributed by atoms with Crippen LogP contribution in [0.15, 0.2) is 24.3 Å². The van der Waals surface area contributed by atoms with E-state index in [2.05, 4.69) is 5.32 Å². The predicted molar refractivity (Wildman–Crippen MR) is 71.7 cm³/mol. The SMILES string of the molecule is CN[C@@]1(c2ccc(C(F)(F)F)cc2)CCC[C@@](C)(O)C1=O. The number of likely N-dealkylation sites (N-methyl/N-ethyl adjacent to an activating group) is 1. The molecule has 2 rings (SSSR count). The molecule has 1 aliphatic rings. The first-order chi connectivity index (χ1) is 9.63. The van der Waals surface area contributed by atoms with Crippen LogP contribution in [0.25, 0.3) is 0 Å². The van der Waals surface area contributed by atoms with Gasteiger partial charge in [0.1, 0.15) is 11.1 Å². The topological polar surface area (TPSA) is 49.3 Å². The van der Waals surface area contributed by atoms with Crippen molar-refractivity contribution in [3.05, 3.63) is 35.4 Å². The Balaban J connectivity index is 2.44. The number of ketones is 1. The Morgan fingerprint density at radius 2 is 1.76 bits per heavy atom. The van der Waals surface area contributed by atoms with Crippen molar-refractivity contribution in [3.63, 3.8) is 0 Å². The van der Waals surface area contributed by atoms with E-state index in [1.165, 1.54) is 19.1 Å². The lowest BCUT2D eigenvalue weighted by Crippen LogP contribution is -2.59. The third-order valence-corrected chi connectivity index (χ3v) is 4.22. The molecule has 0 amide bonds. The molecule has 0 saturated heterocycles. The number of alkyl halides is 3. The van der Waals surface area contributed by atoms with Gasteiger partial charge in [-0.15, -0.1) is 0 Å². The highest BCUT2D eigenvalue weighted by Crippen LogP contribution is 2.39. The van der Waals surface area contributed by atoms with Crippen LogP contribution in [0.5, 0.6) is 0 Å². The average Bonchev–Trinajstić information content (AvgIpc) is 2.41. The molecular formula is C15H18F3NO2. The molecule has 0 bridgehead atoms. The van der Waals surface area contributed by atoms with E-state index in [-0.39, 0.29) is 0 Å². The molecule has 0 heterocycles. The predicted octanol–water partition coefficient (Wildman–Crippen LogP) is 2.62. The maximum atomic E-state index is 12.6. The summed E-state index contributed by atoms with van der Waals surface area (Å²) in [6.45, 7) is 1.45. The summed E-state index contributed by atoms with van der Waals surface area (Å²) in [6, 6.07) is 4.54. The molecular weight excluding hydrogens is 283 g/mol. The summed E-state index contributed by atoms with van der Waals surface area (Å²) >= 11 is 0. The Labute approximate surface area is 121 Å². The van der Waals surface area contributed by atoms with Crippen molar-refractivity contribution < 1.29 is 23.1 Å². The molecule has 1 fully saturated rings. The van der Waals surface area contributed by atoms with E-state index in [1.807, 2.05) is 0 Å². The Morgan fingerprint density at radius 1 is 1.19 bits per heavy atom. The molecule has 0 aliphatic heterocycles. The lowest BCUT2D eigenvalue weighted by Gasteiger charge is -2.42. The average molecular weight is 301 g/mol. The Morgan fingerprint density at radius 3 is 2.24 bits per heavy atom. The number of hydrogen-bond acceptors (Lipinski definition) is 3. The number of rotatable bonds is 2. The van der Waals surface area contributed by atoms with Crippen molar-refractivity contribution >= 4 is 5.78 Å². The molecule has 6 heteroatoms. The van der Waals surface area contributed by atoms with E-state index in [0.717, 1.165) is 12.1 Å². The van der Waals surface area contributed by atoms with E-state index in [0.29, 0.717) is 24.8 Å². The van der Waals surface area contributed by atoms with Gasteiger partial charge in [0.15, 0.2) is 5.78 Å². The van der Waals surface area contributed by atoms with E-state index in [4.69, 9.17) is 0 Å². The number of halogens is 3. The molecule has 2 atom stereocenters. The third kappa shape index (κ3) is 2.70. The molecule has 1 saturated carbocycles. The van der Waals surface area contributed by atoms with Gasteiger partial charge in [0.25, 0.3) is 0 Å². The van der Waals surface area contributed by atoms with Crippen LogP contribution >= 0.6 is 0 Å². The van der Waals surface area contributed by atoms with Gasteiger partial charge in [0, 0.05) is 0 Å². The van der Waals surface area contributed by atoms with E-state index in [9.17, 15) is 23.1 Å². The molecule has 116 valence electrons. The van der Waals surface area contributed by atoms with E-state index < -0.39 is 28.7 Å². The van der Waals surface area contributed by atoms with Crippen LogP contribution in [-0.2, 0) is 16.5 Å². The molecule has 0 aromatic heterocycles. The third-order valence-electron chi connectivity index (χ3n) is 4.22. The summed E-state index contributed by atoms with van der Waals surface area (Å²) in [5.74, 6) is -0.400. The minimum atomic E-state index is -4.41. The van der Waals surface area contributed by atoms with E-state index in [1.54, 1.807) is 7.05 Å². The van der Waals surface area contributed by atoms with Gasteiger partial charge in [-0.25, -0.2) is 0 Å². The van der Waals surface area contributed by atoms with Crippen LogP contribution in [0.3, 0.4) is 0 Å². The molecule has 1 aromatic carbocycles. The van der Waals surface area contributed by atoms with Gasteiger partial charge in [0.2, 0.25) is 0 Å². The molecule has 1 aromatic rings. The normalized spacial score (nSPS) is 30.5. The fourth-order valence-corrected chi connectivity index (χ4v) is 2.99. The zero-order valence-electron chi connectivity index (χ0n) is 11.9. The van der Waals surface area contributed by atoms with Gasteiger partial charge < -0.3 is 10.4 Å². The second-order valence-corrected chi connectivity index (χ2v) is 5.69. The van der Waals surface area contributed by atoms with Crippen LogP contribution < -0.4 is 5.32 Å². The van der Waals surface area contributed by atoms with Crippen LogP contribution in [0.1, 0.15) is 37.3 Å². The molecule has 0 spiro atoms. The van der Waals surface area contributed by atoms with Crippen molar-refractivity contribution in [2.24, 2.45) is 0 Å². The second kappa shape index (κ2) is 5.10. The van der Waals surface area contributed by atoms with Crippen molar-refractivity contribution in [1.82, 2.24) is 5.32 Å². The molecule has 3 nitrogen and oxygen atoms in total.